The van der Waals surface area contributed by atoms with Crippen LogP contribution >= 0.6 is 0 Å². The van der Waals surface area contributed by atoms with Crippen LogP contribution in [0.3, 0.4) is 0 Å². The van der Waals surface area contributed by atoms with E-state index < -0.39 is 0 Å². The summed E-state index contributed by atoms with van der Waals surface area (Å²) in [6, 6.07) is 7.67. The van der Waals surface area contributed by atoms with E-state index in [9.17, 15) is 0 Å². The molecule has 2 heterocycles. The van der Waals surface area contributed by atoms with Gasteiger partial charge in [-0.3, -0.25) is 9.98 Å². The first-order chi connectivity index (χ1) is 10.7. The number of pyridine rings is 1. The lowest BCUT2D eigenvalue weighted by Gasteiger charge is -2.16. The number of ether oxygens (including phenoxy) is 1. The van der Waals surface area contributed by atoms with E-state index in [0.29, 0.717) is 19.1 Å². The Labute approximate surface area is 130 Å². The van der Waals surface area contributed by atoms with Gasteiger partial charge in [-0.05, 0) is 38.1 Å². The number of aromatic nitrogens is 1. The largest absolute Gasteiger partial charge is 0.490 e. The molecule has 0 aromatic carbocycles. The Morgan fingerprint density at radius 1 is 1.41 bits per heavy atom. The maximum Gasteiger partial charge on any atom is 0.191 e. The van der Waals surface area contributed by atoms with Gasteiger partial charge in [0.2, 0.25) is 0 Å². The first-order valence-corrected chi connectivity index (χ1v) is 7.25. The van der Waals surface area contributed by atoms with Crippen molar-refractivity contribution in [1.29, 1.82) is 0 Å². The topological polar surface area (TPSA) is 71.7 Å². The minimum absolute atomic E-state index is 0.0409. The minimum Gasteiger partial charge on any atom is -0.490 e. The van der Waals surface area contributed by atoms with Crippen LogP contribution in [-0.4, -0.2) is 31.1 Å². The summed E-state index contributed by atoms with van der Waals surface area (Å²) in [6.45, 7) is 5.12. The number of hydrogen-bond donors (Lipinski definition) is 2. The van der Waals surface area contributed by atoms with Crippen LogP contribution in [0.2, 0.25) is 0 Å². The number of aryl methyl sites for hydroxylation is 1. The molecule has 118 valence electrons. The summed E-state index contributed by atoms with van der Waals surface area (Å²) in [6.07, 6.45) is 3.41. The van der Waals surface area contributed by atoms with Crippen molar-refractivity contribution in [2.24, 2.45) is 4.99 Å². The summed E-state index contributed by atoms with van der Waals surface area (Å²) in [5.74, 6) is 3.24. The predicted octanol–water partition coefficient (Wildman–Crippen LogP) is 2.29. The van der Waals surface area contributed by atoms with E-state index in [1.54, 1.807) is 19.4 Å². The Morgan fingerprint density at radius 2 is 2.27 bits per heavy atom. The first-order valence-electron chi connectivity index (χ1n) is 7.25. The second-order valence-corrected chi connectivity index (χ2v) is 4.85. The molecule has 0 saturated heterocycles. The summed E-state index contributed by atoms with van der Waals surface area (Å²) >= 11 is 0. The minimum atomic E-state index is 0.0409. The highest BCUT2D eigenvalue weighted by Gasteiger charge is 2.10. The molecule has 0 bridgehead atoms. The number of aliphatic imine (C=N–C) groups is 1. The Hall–Kier alpha value is -2.50. The highest BCUT2D eigenvalue weighted by Crippen LogP contribution is 2.15. The molecule has 1 atom stereocenters. The average molecular weight is 302 g/mol. The zero-order valence-corrected chi connectivity index (χ0v) is 13.2. The highest BCUT2D eigenvalue weighted by atomic mass is 16.5. The van der Waals surface area contributed by atoms with Gasteiger partial charge in [0, 0.05) is 13.2 Å². The van der Waals surface area contributed by atoms with Gasteiger partial charge in [0.25, 0.3) is 0 Å². The van der Waals surface area contributed by atoms with Crippen LogP contribution in [0.15, 0.2) is 46.1 Å². The fourth-order valence-electron chi connectivity index (χ4n) is 1.93. The number of rotatable bonds is 6. The summed E-state index contributed by atoms with van der Waals surface area (Å²) in [5.41, 5.74) is 0. The van der Waals surface area contributed by atoms with Gasteiger partial charge in [-0.2, -0.15) is 0 Å². The molecule has 0 amide bonds. The number of nitrogens with zero attached hydrogens (tertiary/aromatic N) is 2. The lowest BCUT2D eigenvalue weighted by molar-refractivity contribution is 0.320. The van der Waals surface area contributed by atoms with Gasteiger partial charge in [0.15, 0.2) is 5.96 Å². The van der Waals surface area contributed by atoms with Crippen molar-refractivity contribution >= 4 is 5.96 Å². The SMILES string of the molecule is CN=C(NCCOc1cccnc1)NC(C)c1ccc(C)o1. The predicted molar refractivity (Wildman–Crippen MR) is 86.1 cm³/mol. The Bertz CT molecular complexity index is 595. The third-order valence-electron chi connectivity index (χ3n) is 3.06. The van der Waals surface area contributed by atoms with Crippen molar-refractivity contribution in [2.75, 3.05) is 20.2 Å². The summed E-state index contributed by atoms with van der Waals surface area (Å²) in [4.78, 5) is 8.19. The molecule has 2 aromatic rings. The molecule has 0 fully saturated rings. The lowest BCUT2D eigenvalue weighted by atomic mass is 10.2. The second kappa shape index (κ2) is 8.07. The summed E-state index contributed by atoms with van der Waals surface area (Å²) in [5, 5.41) is 6.47. The van der Waals surface area contributed by atoms with Crippen LogP contribution in [0.1, 0.15) is 24.5 Å². The summed E-state index contributed by atoms with van der Waals surface area (Å²) < 4.78 is 11.2. The van der Waals surface area contributed by atoms with Crippen LogP contribution in [-0.2, 0) is 0 Å². The summed E-state index contributed by atoms with van der Waals surface area (Å²) in [7, 11) is 1.73. The molecule has 6 nitrogen and oxygen atoms in total. The average Bonchev–Trinajstić information content (AvgIpc) is 2.98. The highest BCUT2D eigenvalue weighted by molar-refractivity contribution is 5.79. The molecule has 6 heteroatoms. The molecule has 1 unspecified atom stereocenters. The number of nitrogens with one attached hydrogen (secondary N) is 2. The van der Waals surface area contributed by atoms with E-state index in [2.05, 4.69) is 20.6 Å². The third kappa shape index (κ3) is 4.80. The van der Waals surface area contributed by atoms with Gasteiger partial charge in [-0.25, -0.2) is 0 Å². The van der Waals surface area contributed by atoms with Crippen LogP contribution in [0, 0.1) is 6.92 Å². The van der Waals surface area contributed by atoms with Crippen LogP contribution in [0.4, 0.5) is 0 Å². The molecule has 2 aromatic heterocycles. The zero-order valence-electron chi connectivity index (χ0n) is 13.2. The Balaban J connectivity index is 1.73. The van der Waals surface area contributed by atoms with Crippen molar-refractivity contribution in [3.8, 4) is 5.75 Å². The fourth-order valence-corrected chi connectivity index (χ4v) is 1.93. The quantitative estimate of drug-likeness (QED) is 0.486. The van der Waals surface area contributed by atoms with Gasteiger partial charge >= 0.3 is 0 Å². The smallest absolute Gasteiger partial charge is 0.191 e. The van der Waals surface area contributed by atoms with Crippen molar-refractivity contribution < 1.29 is 9.15 Å². The van der Waals surface area contributed by atoms with Crippen LogP contribution < -0.4 is 15.4 Å². The first kappa shape index (κ1) is 15.9. The van der Waals surface area contributed by atoms with Gasteiger partial charge in [-0.15, -0.1) is 0 Å². The van der Waals surface area contributed by atoms with E-state index in [-0.39, 0.29) is 6.04 Å². The zero-order chi connectivity index (χ0) is 15.8. The molecular formula is C16H22N4O2. The molecule has 0 radical (unpaired) electrons. The van der Waals surface area contributed by atoms with E-state index in [1.165, 1.54) is 0 Å². The van der Waals surface area contributed by atoms with E-state index >= 15 is 0 Å². The van der Waals surface area contributed by atoms with E-state index in [4.69, 9.17) is 9.15 Å². The fraction of sp³-hybridized carbons (Fsp3) is 0.375. The molecule has 2 rings (SSSR count). The normalized spacial score (nSPS) is 12.8. The standard InChI is InChI=1S/C16H22N4O2/c1-12-6-7-15(22-12)13(2)20-16(17-3)19-9-10-21-14-5-4-8-18-11-14/h4-8,11,13H,9-10H2,1-3H3,(H2,17,19,20). The lowest BCUT2D eigenvalue weighted by Crippen LogP contribution is -2.40. The molecule has 0 saturated carbocycles. The van der Waals surface area contributed by atoms with Crippen molar-refractivity contribution in [3.05, 3.63) is 48.2 Å². The van der Waals surface area contributed by atoms with Gasteiger partial charge in [0.1, 0.15) is 23.9 Å². The number of furan rings is 1. The van der Waals surface area contributed by atoms with Crippen LogP contribution in [0.5, 0.6) is 5.75 Å². The number of guanidine groups is 1. The van der Waals surface area contributed by atoms with Crippen LogP contribution in [0.25, 0.3) is 0 Å². The maximum absolute atomic E-state index is 5.60. The third-order valence-corrected chi connectivity index (χ3v) is 3.06. The molecular weight excluding hydrogens is 280 g/mol. The molecule has 0 aliphatic rings. The van der Waals surface area contributed by atoms with Crippen molar-refractivity contribution in [2.45, 2.75) is 19.9 Å². The van der Waals surface area contributed by atoms with Gasteiger partial charge in [0.05, 0.1) is 18.8 Å². The molecule has 22 heavy (non-hydrogen) atoms. The molecule has 2 N–H and O–H groups in total. The monoisotopic (exact) mass is 302 g/mol. The molecule has 0 aliphatic heterocycles. The van der Waals surface area contributed by atoms with Crippen molar-refractivity contribution in [3.63, 3.8) is 0 Å². The Kier molecular flexibility index (Phi) is 5.82. The van der Waals surface area contributed by atoms with Crippen molar-refractivity contribution in [1.82, 2.24) is 15.6 Å². The van der Waals surface area contributed by atoms with Gasteiger partial charge in [-0.1, -0.05) is 0 Å². The molecule has 0 spiro atoms. The molecule has 0 aliphatic carbocycles. The number of hydrogen-bond acceptors (Lipinski definition) is 4. The van der Waals surface area contributed by atoms with E-state index in [0.717, 1.165) is 17.3 Å². The second-order valence-electron chi connectivity index (χ2n) is 4.85. The van der Waals surface area contributed by atoms with Gasteiger partial charge < -0.3 is 19.8 Å². The van der Waals surface area contributed by atoms with E-state index in [1.807, 2.05) is 38.1 Å². The Morgan fingerprint density at radius 3 is 2.91 bits per heavy atom. The maximum atomic E-state index is 5.60.